The van der Waals surface area contributed by atoms with E-state index in [0.717, 1.165) is 4.46 Å². The van der Waals surface area contributed by atoms with E-state index in [1.54, 1.807) is 18.3 Å². The van der Waals surface area contributed by atoms with E-state index in [4.69, 9.17) is 11.6 Å². The summed E-state index contributed by atoms with van der Waals surface area (Å²) in [6, 6.07) is 11.4. The predicted molar refractivity (Wildman–Crippen MR) is 70.1 cm³/mol. The first-order valence-electron chi connectivity index (χ1n) is 5.06. The van der Waals surface area contributed by atoms with Crippen molar-refractivity contribution in [3.63, 3.8) is 0 Å². The van der Waals surface area contributed by atoms with Crippen molar-refractivity contribution in [1.82, 2.24) is 4.98 Å². The summed E-state index contributed by atoms with van der Waals surface area (Å²) in [6.45, 7) is 2.02. The maximum absolute atomic E-state index is 12.0. The first-order valence-corrected chi connectivity index (χ1v) is 7.15. The molecule has 0 saturated carbocycles. The van der Waals surface area contributed by atoms with Crippen molar-refractivity contribution < 1.29 is 4.79 Å². The van der Waals surface area contributed by atoms with E-state index in [1.807, 2.05) is 31.2 Å². The van der Waals surface area contributed by atoms with E-state index >= 15 is 0 Å². The number of benzene rings is 1. The number of rotatable bonds is 3. The van der Waals surface area contributed by atoms with Crippen LogP contribution in [0.5, 0.6) is 0 Å². The van der Waals surface area contributed by atoms with Crippen LogP contribution in [0.3, 0.4) is 0 Å². The molecule has 0 fully saturated rings. The van der Waals surface area contributed by atoms with Gasteiger partial charge in [0.05, 0.1) is 0 Å². The van der Waals surface area contributed by atoms with Crippen LogP contribution < -0.4 is 4.46 Å². The van der Waals surface area contributed by atoms with Crippen LogP contribution in [0, 0.1) is 6.92 Å². The van der Waals surface area contributed by atoms with Crippen molar-refractivity contribution in [1.29, 1.82) is 0 Å². The van der Waals surface area contributed by atoms with Gasteiger partial charge in [0.15, 0.2) is 0 Å². The van der Waals surface area contributed by atoms with Gasteiger partial charge in [-0.05, 0) is 0 Å². The van der Waals surface area contributed by atoms with Gasteiger partial charge < -0.3 is 0 Å². The van der Waals surface area contributed by atoms with Gasteiger partial charge in [-0.15, -0.1) is 0 Å². The Labute approximate surface area is 111 Å². The van der Waals surface area contributed by atoms with E-state index in [-0.39, 0.29) is 24.8 Å². The molecule has 2 aromatic rings. The summed E-state index contributed by atoms with van der Waals surface area (Å²) in [4.78, 5) is 15.9. The van der Waals surface area contributed by atoms with Crippen LogP contribution in [0.25, 0.3) is 0 Å². The molecule has 0 saturated heterocycles. The zero-order chi connectivity index (χ0) is 12.3. The number of aromatic nitrogens is 1. The van der Waals surface area contributed by atoms with Crippen LogP contribution in [0.15, 0.2) is 42.6 Å². The minimum absolute atomic E-state index is 0.0550. The second-order valence-corrected chi connectivity index (χ2v) is 6.10. The third kappa shape index (κ3) is 3.16. The third-order valence-corrected chi connectivity index (χ3v) is 4.43. The molecule has 0 aliphatic carbocycles. The summed E-state index contributed by atoms with van der Waals surface area (Å²) >= 11 is 5.64. The van der Waals surface area contributed by atoms with Gasteiger partial charge in [0.1, 0.15) is 0 Å². The average Bonchev–Trinajstić information content (AvgIpc) is 2.32. The van der Waals surface area contributed by atoms with Gasteiger partial charge in [-0.25, -0.2) is 0 Å². The van der Waals surface area contributed by atoms with Gasteiger partial charge >= 0.3 is 111 Å². The van der Waals surface area contributed by atoms with Gasteiger partial charge in [0.2, 0.25) is 0 Å². The topological polar surface area (TPSA) is 30.0 Å². The molecule has 0 unspecified atom stereocenters. The monoisotopic (exact) mass is 311 g/mol. The molecule has 1 aromatic carbocycles. The standard InChI is InChI=1S/C13H10ClNOSe/c1-9-4-6-10(7-5-9)17-13(16)11-3-2-8-15-12(11)14/h2-8H,1H3. The molecule has 2 rings (SSSR count). The summed E-state index contributed by atoms with van der Waals surface area (Å²) in [5, 5.41) is 0.284. The Balaban J connectivity index is 2.17. The fraction of sp³-hybridized carbons (Fsp3) is 0.0769. The summed E-state index contributed by atoms with van der Waals surface area (Å²) in [5.41, 5.74) is 1.70. The van der Waals surface area contributed by atoms with E-state index < -0.39 is 0 Å². The third-order valence-electron chi connectivity index (χ3n) is 2.21. The molecular formula is C13H10ClNOSe. The molecule has 0 aliphatic rings. The molecule has 1 heterocycles. The number of halogens is 1. The molecule has 2 nitrogen and oxygen atoms in total. The fourth-order valence-corrected chi connectivity index (χ4v) is 3.24. The van der Waals surface area contributed by atoms with Gasteiger partial charge in [-0.3, -0.25) is 0 Å². The Kier molecular flexibility index (Phi) is 3.95. The van der Waals surface area contributed by atoms with Crippen LogP contribution in [-0.4, -0.2) is 24.6 Å². The van der Waals surface area contributed by atoms with Gasteiger partial charge in [0, 0.05) is 0 Å². The second kappa shape index (κ2) is 5.46. The van der Waals surface area contributed by atoms with Gasteiger partial charge in [-0.1, -0.05) is 0 Å². The molecule has 0 atom stereocenters. The molecule has 1 aromatic heterocycles. The summed E-state index contributed by atoms with van der Waals surface area (Å²) in [7, 11) is 0. The molecular weight excluding hydrogens is 301 g/mol. The summed E-state index contributed by atoms with van der Waals surface area (Å²) < 4.78 is 1.10. The first kappa shape index (κ1) is 12.3. The van der Waals surface area contributed by atoms with Crippen LogP contribution in [0.2, 0.25) is 5.15 Å². The molecule has 0 amide bonds. The zero-order valence-electron chi connectivity index (χ0n) is 9.18. The van der Waals surface area contributed by atoms with Crippen molar-refractivity contribution >= 4 is 35.7 Å². The summed E-state index contributed by atoms with van der Waals surface area (Å²) in [5.74, 6) is 0. The molecule has 0 spiro atoms. The van der Waals surface area contributed by atoms with E-state index in [0.29, 0.717) is 5.56 Å². The Bertz CT molecular complexity index is 539. The van der Waals surface area contributed by atoms with E-state index in [9.17, 15) is 4.79 Å². The number of carbonyl (C=O) groups is 1. The molecule has 4 heteroatoms. The Morgan fingerprint density at radius 1 is 1.24 bits per heavy atom. The van der Waals surface area contributed by atoms with Crippen molar-refractivity contribution in [2.24, 2.45) is 0 Å². The number of pyridine rings is 1. The predicted octanol–water partition coefficient (Wildman–Crippen LogP) is 2.21. The summed E-state index contributed by atoms with van der Waals surface area (Å²) in [6.07, 6.45) is 1.58. The molecule has 0 aliphatic heterocycles. The van der Waals surface area contributed by atoms with Gasteiger partial charge in [0.25, 0.3) is 0 Å². The Hall–Kier alpha value is -1.15. The number of hydrogen-bond acceptors (Lipinski definition) is 2. The van der Waals surface area contributed by atoms with E-state index in [2.05, 4.69) is 4.98 Å². The van der Waals surface area contributed by atoms with Crippen molar-refractivity contribution in [2.75, 3.05) is 0 Å². The number of carbonyl (C=O) groups excluding carboxylic acids is 1. The molecule has 17 heavy (non-hydrogen) atoms. The maximum atomic E-state index is 12.0. The van der Waals surface area contributed by atoms with Crippen LogP contribution in [-0.2, 0) is 0 Å². The van der Waals surface area contributed by atoms with Crippen LogP contribution >= 0.6 is 11.6 Å². The zero-order valence-corrected chi connectivity index (χ0v) is 11.7. The Morgan fingerprint density at radius 3 is 2.59 bits per heavy atom. The fourth-order valence-electron chi connectivity index (χ4n) is 1.31. The molecule has 0 bridgehead atoms. The van der Waals surface area contributed by atoms with Crippen molar-refractivity contribution in [2.45, 2.75) is 6.92 Å². The molecule has 0 radical (unpaired) electrons. The van der Waals surface area contributed by atoms with Crippen LogP contribution in [0.1, 0.15) is 15.9 Å². The van der Waals surface area contributed by atoms with Crippen molar-refractivity contribution in [3.8, 4) is 0 Å². The minimum atomic E-state index is -0.250. The van der Waals surface area contributed by atoms with Crippen molar-refractivity contribution in [3.05, 3.63) is 58.9 Å². The SMILES string of the molecule is Cc1ccc([Se]C(=O)c2cccnc2Cl)cc1. The molecule has 86 valence electrons. The quantitative estimate of drug-likeness (QED) is 0.643. The number of hydrogen-bond donors (Lipinski definition) is 0. The molecule has 0 N–H and O–H groups in total. The Morgan fingerprint density at radius 2 is 1.94 bits per heavy atom. The van der Waals surface area contributed by atoms with Crippen LogP contribution in [0.4, 0.5) is 0 Å². The first-order chi connectivity index (χ1) is 8.16. The normalized spacial score (nSPS) is 10.2. The average molecular weight is 311 g/mol. The number of aryl methyl sites for hydroxylation is 1. The second-order valence-electron chi connectivity index (χ2n) is 3.54. The van der Waals surface area contributed by atoms with Gasteiger partial charge in [-0.2, -0.15) is 0 Å². The number of nitrogens with zero attached hydrogens (tertiary/aromatic N) is 1. The van der Waals surface area contributed by atoms with E-state index in [1.165, 1.54) is 5.56 Å².